The molecule has 0 saturated carbocycles. The first-order valence-corrected chi connectivity index (χ1v) is 6.86. The second kappa shape index (κ2) is 7.85. The van der Waals surface area contributed by atoms with Gasteiger partial charge in [-0.15, -0.1) is 0 Å². The van der Waals surface area contributed by atoms with Gasteiger partial charge < -0.3 is 10.1 Å². The molecule has 1 rings (SSSR count). The molecule has 1 aromatic carbocycles. The fraction of sp³-hybridized carbons (Fsp3) is 0.308. The summed E-state index contributed by atoms with van der Waals surface area (Å²) in [6.07, 6.45) is -1.17. The summed E-state index contributed by atoms with van der Waals surface area (Å²) in [7, 11) is 0. The Balaban J connectivity index is 2.70. The van der Waals surface area contributed by atoms with Crippen LogP contribution in [0.25, 0.3) is 0 Å². The fourth-order valence-corrected chi connectivity index (χ4v) is 1.94. The zero-order valence-corrected chi connectivity index (χ0v) is 12.9. The van der Waals surface area contributed by atoms with Crippen LogP contribution in [0.5, 0.6) is 0 Å². The maximum atomic E-state index is 11.9. The number of halogens is 2. The van der Waals surface area contributed by atoms with E-state index in [2.05, 4.69) is 5.32 Å². The molecule has 0 unspecified atom stereocenters. The number of hydrogen-bond donors (Lipinski definition) is 2. The normalized spacial score (nSPS) is 11.4. The lowest BCUT2D eigenvalue weighted by Gasteiger charge is -2.14. The van der Waals surface area contributed by atoms with Gasteiger partial charge in [0.25, 0.3) is 5.91 Å². The first-order chi connectivity index (χ1) is 9.86. The molecular formula is C13H14Cl2N2O4. The molecule has 0 saturated heterocycles. The molecule has 3 amide bonds. The smallest absolute Gasteiger partial charge is 0.341 e. The SMILES string of the molecule is CCNC(=O)NC(=O)[C@@H](C)OC(=O)c1c(Cl)cccc1Cl. The Kier molecular flexibility index (Phi) is 6.45. The van der Waals surface area contributed by atoms with E-state index in [1.807, 2.05) is 5.32 Å². The van der Waals surface area contributed by atoms with Crippen LogP contribution in [0.3, 0.4) is 0 Å². The van der Waals surface area contributed by atoms with Gasteiger partial charge in [-0.25, -0.2) is 9.59 Å². The molecule has 0 aromatic heterocycles. The Hall–Kier alpha value is -1.79. The van der Waals surface area contributed by atoms with E-state index >= 15 is 0 Å². The highest BCUT2D eigenvalue weighted by atomic mass is 35.5. The lowest BCUT2D eigenvalue weighted by atomic mass is 10.2. The van der Waals surface area contributed by atoms with Crippen LogP contribution >= 0.6 is 23.2 Å². The number of ether oxygens (including phenoxy) is 1. The molecule has 0 heterocycles. The average Bonchev–Trinajstić information content (AvgIpc) is 2.38. The van der Waals surface area contributed by atoms with Crippen molar-refractivity contribution >= 4 is 41.1 Å². The standard InChI is InChI=1S/C13H14Cl2N2O4/c1-3-16-13(20)17-11(18)7(2)21-12(19)10-8(14)5-4-6-9(10)15/h4-7H,3H2,1-2H3,(H2,16,17,18,20)/t7-/m1/s1. The lowest BCUT2D eigenvalue weighted by molar-refractivity contribution is -0.127. The number of nitrogens with one attached hydrogen (secondary N) is 2. The highest BCUT2D eigenvalue weighted by Crippen LogP contribution is 2.25. The molecule has 0 aliphatic heterocycles. The molecule has 0 spiro atoms. The Labute approximate surface area is 131 Å². The van der Waals surface area contributed by atoms with Crippen LogP contribution in [0.4, 0.5) is 4.79 Å². The molecule has 8 heteroatoms. The van der Waals surface area contributed by atoms with Crippen LogP contribution in [0.1, 0.15) is 24.2 Å². The van der Waals surface area contributed by atoms with E-state index in [0.717, 1.165) is 0 Å². The minimum Gasteiger partial charge on any atom is -0.449 e. The number of esters is 1. The van der Waals surface area contributed by atoms with Gasteiger partial charge in [0, 0.05) is 6.54 Å². The van der Waals surface area contributed by atoms with Gasteiger partial charge in [-0.3, -0.25) is 10.1 Å². The van der Waals surface area contributed by atoms with Gasteiger partial charge >= 0.3 is 12.0 Å². The summed E-state index contributed by atoms with van der Waals surface area (Å²) >= 11 is 11.7. The number of urea groups is 1. The molecule has 1 aromatic rings. The van der Waals surface area contributed by atoms with Crippen molar-refractivity contribution in [2.45, 2.75) is 20.0 Å². The number of benzene rings is 1. The highest BCUT2D eigenvalue weighted by Gasteiger charge is 2.23. The number of carbonyl (C=O) groups excluding carboxylic acids is 3. The monoisotopic (exact) mass is 332 g/mol. The van der Waals surface area contributed by atoms with Crippen LogP contribution in [-0.2, 0) is 9.53 Å². The summed E-state index contributed by atoms with van der Waals surface area (Å²) in [6.45, 7) is 3.40. The van der Waals surface area contributed by atoms with Crippen molar-refractivity contribution in [1.82, 2.24) is 10.6 Å². The first-order valence-electron chi connectivity index (χ1n) is 6.10. The average molecular weight is 333 g/mol. The van der Waals surface area contributed by atoms with Crippen molar-refractivity contribution in [3.8, 4) is 0 Å². The van der Waals surface area contributed by atoms with Gasteiger partial charge in [-0.05, 0) is 26.0 Å². The molecule has 0 fully saturated rings. The zero-order chi connectivity index (χ0) is 16.0. The molecule has 6 nitrogen and oxygen atoms in total. The second-order valence-electron chi connectivity index (χ2n) is 3.99. The third-order valence-corrected chi connectivity index (χ3v) is 3.02. The van der Waals surface area contributed by atoms with E-state index in [0.29, 0.717) is 6.54 Å². The summed E-state index contributed by atoms with van der Waals surface area (Å²) in [5.74, 6) is -1.60. The molecule has 0 aliphatic rings. The Morgan fingerprint density at radius 1 is 1.24 bits per heavy atom. The molecule has 0 radical (unpaired) electrons. The minimum absolute atomic E-state index is 0.0292. The molecule has 0 aliphatic carbocycles. The van der Waals surface area contributed by atoms with E-state index in [4.69, 9.17) is 27.9 Å². The predicted octanol–water partition coefficient (Wildman–Crippen LogP) is 2.38. The third kappa shape index (κ3) is 4.91. The molecule has 114 valence electrons. The Bertz CT molecular complexity index is 543. The van der Waals surface area contributed by atoms with E-state index in [9.17, 15) is 14.4 Å². The van der Waals surface area contributed by atoms with Crippen molar-refractivity contribution in [2.75, 3.05) is 6.54 Å². The lowest BCUT2D eigenvalue weighted by Crippen LogP contribution is -2.44. The maximum Gasteiger partial charge on any atom is 0.341 e. The van der Waals surface area contributed by atoms with Gasteiger partial charge in [0.1, 0.15) is 0 Å². The van der Waals surface area contributed by atoms with Crippen molar-refractivity contribution in [2.24, 2.45) is 0 Å². The number of hydrogen-bond acceptors (Lipinski definition) is 4. The Morgan fingerprint density at radius 3 is 2.33 bits per heavy atom. The van der Waals surface area contributed by atoms with Gasteiger partial charge in [0.15, 0.2) is 6.10 Å². The van der Waals surface area contributed by atoms with E-state index in [1.165, 1.54) is 19.1 Å². The summed E-state index contributed by atoms with van der Waals surface area (Å²) < 4.78 is 4.94. The summed E-state index contributed by atoms with van der Waals surface area (Å²) in [5, 5.41) is 4.64. The first kappa shape index (κ1) is 17.3. The van der Waals surface area contributed by atoms with Crippen LogP contribution in [0, 0.1) is 0 Å². The van der Waals surface area contributed by atoms with Crippen LogP contribution in [-0.4, -0.2) is 30.6 Å². The maximum absolute atomic E-state index is 11.9. The van der Waals surface area contributed by atoms with Gasteiger partial charge in [0.2, 0.25) is 0 Å². The van der Waals surface area contributed by atoms with E-state index in [-0.39, 0.29) is 15.6 Å². The molecular weight excluding hydrogens is 319 g/mol. The van der Waals surface area contributed by atoms with Gasteiger partial charge in [0.05, 0.1) is 15.6 Å². The molecule has 21 heavy (non-hydrogen) atoms. The summed E-state index contributed by atoms with van der Waals surface area (Å²) in [6, 6.07) is 3.86. The van der Waals surface area contributed by atoms with E-state index in [1.54, 1.807) is 13.0 Å². The molecule has 1 atom stereocenters. The van der Waals surface area contributed by atoms with Crippen molar-refractivity contribution in [3.63, 3.8) is 0 Å². The van der Waals surface area contributed by atoms with Crippen molar-refractivity contribution < 1.29 is 19.1 Å². The van der Waals surface area contributed by atoms with Gasteiger partial charge in [-0.1, -0.05) is 29.3 Å². The number of carbonyl (C=O) groups is 3. The second-order valence-corrected chi connectivity index (χ2v) is 4.81. The predicted molar refractivity (Wildman–Crippen MR) is 78.6 cm³/mol. The molecule has 2 N–H and O–H groups in total. The van der Waals surface area contributed by atoms with Crippen LogP contribution < -0.4 is 10.6 Å². The quantitative estimate of drug-likeness (QED) is 0.829. The number of rotatable bonds is 4. The highest BCUT2D eigenvalue weighted by molar-refractivity contribution is 6.39. The fourth-order valence-electron chi connectivity index (χ4n) is 1.38. The third-order valence-electron chi connectivity index (χ3n) is 2.39. The molecule has 0 bridgehead atoms. The largest absolute Gasteiger partial charge is 0.449 e. The minimum atomic E-state index is -1.17. The van der Waals surface area contributed by atoms with Crippen LogP contribution in [0.15, 0.2) is 18.2 Å². The number of amides is 3. The van der Waals surface area contributed by atoms with Gasteiger partial charge in [-0.2, -0.15) is 0 Å². The van der Waals surface area contributed by atoms with Crippen LogP contribution in [0.2, 0.25) is 10.0 Å². The van der Waals surface area contributed by atoms with Crippen molar-refractivity contribution in [3.05, 3.63) is 33.8 Å². The summed E-state index contributed by atoms with van der Waals surface area (Å²) in [4.78, 5) is 34.8. The summed E-state index contributed by atoms with van der Waals surface area (Å²) in [5.41, 5.74) is -0.0292. The Morgan fingerprint density at radius 2 is 1.81 bits per heavy atom. The number of imide groups is 1. The van der Waals surface area contributed by atoms with E-state index < -0.39 is 24.0 Å². The topological polar surface area (TPSA) is 84.5 Å². The zero-order valence-electron chi connectivity index (χ0n) is 11.4. The van der Waals surface area contributed by atoms with Crippen molar-refractivity contribution in [1.29, 1.82) is 0 Å².